The van der Waals surface area contributed by atoms with Crippen molar-refractivity contribution in [3.05, 3.63) is 131 Å². The zero-order valence-corrected chi connectivity index (χ0v) is 25.1. The van der Waals surface area contributed by atoms with Crippen molar-refractivity contribution in [2.24, 2.45) is 0 Å². The van der Waals surface area contributed by atoms with E-state index in [9.17, 15) is 14.7 Å². The Labute approximate surface area is 258 Å². The van der Waals surface area contributed by atoms with Gasteiger partial charge in [-0.15, -0.1) is 0 Å². The summed E-state index contributed by atoms with van der Waals surface area (Å²) in [5, 5.41) is 17.9. The van der Waals surface area contributed by atoms with Gasteiger partial charge in [0.15, 0.2) is 12.2 Å². The highest BCUT2D eigenvalue weighted by molar-refractivity contribution is 5.75. The van der Waals surface area contributed by atoms with Crippen LogP contribution in [-0.4, -0.2) is 47.6 Å². The van der Waals surface area contributed by atoms with Gasteiger partial charge in [0.05, 0.1) is 6.61 Å². The summed E-state index contributed by atoms with van der Waals surface area (Å²) in [6.07, 6.45) is -1.35. The van der Waals surface area contributed by atoms with Gasteiger partial charge in [0.25, 0.3) is 0 Å². The summed E-state index contributed by atoms with van der Waals surface area (Å²) in [5.74, 6) is -0.0210. The molecule has 0 radical (unpaired) electrons. The van der Waals surface area contributed by atoms with E-state index in [4.69, 9.17) is 24.1 Å². The molecule has 0 saturated heterocycles. The van der Waals surface area contributed by atoms with E-state index in [1.54, 1.807) is 31.2 Å². The number of aliphatic hydroxyl groups is 1. The topological polar surface area (TPSA) is 112 Å². The van der Waals surface area contributed by atoms with Crippen LogP contribution in [0.2, 0.25) is 0 Å². The second-order valence-corrected chi connectivity index (χ2v) is 9.79. The Balaban J connectivity index is 0.000000244. The van der Waals surface area contributed by atoms with Gasteiger partial charge in [0.2, 0.25) is 0 Å². The number of ether oxygens (including phenoxy) is 4. The summed E-state index contributed by atoms with van der Waals surface area (Å²) in [7, 11) is 0. The number of carboxylic acids is 1. The van der Waals surface area contributed by atoms with Crippen molar-refractivity contribution < 1.29 is 38.7 Å². The van der Waals surface area contributed by atoms with Gasteiger partial charge in [0.1, 0.15) is 24.7 Å². The quantitative estimate of drug-likeness (QED) is 0.159. The lowest BCUT2D eigenvalue weighted by Gasteiger charge is -2.15. The molecule has 0 aliphatic heterocycles. The van der Waals surface area contributed by atoms with Crippen molar-refractivity contribution in [3.8, 4) is 11.5 Å². The molecule has 8 heteroatoms. The van der Waals surface area contributed by atoms with Crippen LogP contribution in [0.4, 0.5) is 0 Å². The van der Waals surface area contributed by atoms with Crippen molar-refractivity contribution in [3.63, 3.8) is 0 Å². The molecule has 0 bridgehead atoms. The molecular formula is C36H40O8. The Bertz CT molecular complexity index is 1370. The first-order valence-electron chi connectivity index (χ1n) is 14.6. The van der Waals surface area contributed by atoms with Crippen LogP contribution in [-0.2, 0) is 45.1 Å². The van der Waals surface area contributed by atoms with Crippen molar-refractivity contribution in [1.82, 2.24) is 0 Å². The number of esters is 1. The minimum absolute atomic E-state index is 0.0916. The van der Waals surface area contributed by atoms with Crippen molar-refractivity contribution in [2.45, 2.75) is 52.1 Å². The summed E-state index contributed by atoms with van der Waals surface area (Å²) < 4.78 is 21.9. The van der Waals surface area contributed by atoms with Crippen LogP contribution in [0.3, 0.4) is 0 Å². The lowest BCUT2D eigenvalue weighted by atomic mass is 10.1. The van der Waals surface area contributed by atoms with Crippen LogP contribution >= 0.6 is 0 Å². The molecule has 2 atom stereocenters. The van der Waals surface area contributed by atoms with E-state index >= 15 is 0 Å². The molecule has 232 valence electrons. The summed E-state index contributed by atoms with van der Waals surface area (Å²) in [5.41, 5.74) is 3.97. The number of carboxylic acid groups (broad SMARTS) is 1. The zero-order chi connectivity index (χ0) is 31.6. The van der Waals surface area contributed by atoms with Crippen LogP contribution in [0.1, 0.15) is 36.1 Å². The molecular weight excluding hydrogens is 560 g/mol. The molecule has 0 aliphatic carbocycles. The average Bonchev–Trinajstić information content (AvgIpc) is 3.05. The monoisotopic (exact) mass is 600 g/mol. The number of aliphatic carboxylic acids is 1. The Kier molecular flexibility index (Phi) is 14.4. The minimum Gasteiger partial charge on any atom is -0.489 e. The molecule has 2 N–H and O–H groups in total. The summed E-state index contributed by atoms with van der Waals surface area (Å²) in [6.45, 7) is 5.51. The van der Waals surface area contributed by atoms with Gasteiger partial charge >= 0.3 is 11.9 Å². The van der Waals surface area contributed by atoms with Gasteiger partial charge in [-0.2, -0.15) is 0 Å². The molecule has 0 heterocycles. The fourth-order valence-corrected chi connectivity index (χ4v) is 4.10. The standard InChI is InChI=1S/C20H24O4.C16H16O4/c1-3-22-19(20(21)23-4-2)14-16-10-12-18(13-11-16)24-15-17-8-6-5-7-9-17;17-15(16(18)19)10-12-6-8-14(9-7-12)20-11-13-4-2-1-3-5-13/h5-13,19H,3-4,14-15H2,1-2H3;1-9,15,17H,10-11H2,(H,18,19)/t19-;15-/m00/s1. The average molecular weight is 601 g/mol. The predicted molar refractivity (Wildman–Crippen MR) is 168 cm³/mol. The van der Waals surface area contributed by atoms with Crippen LogP contribution in [0, 0.1) is 0 Å². The van der Waals surface area contributed by atoms with E-state index in [1.165, 1.54) is 0 Å². The highest BCUT2D eigenvalue weighted by Gasteiger charge is 2.20. The first-order chi connectivity index (χ1) is 21.4. The molecule has 8 nitrogen and oxygen atoms in total. The van der Waals surface area contributed by atoms with E-state index in [1.807, 2.05) is 91.9 Å². The normalized spacial score (nSPS) is 11.8. The number of carbonyl (C=O) groups is 2. The second kappa shape index (κ2) is 18.8. The molecule has 4 aromatic rings. The Morgan fingerprint density at radius 2 is 1.07 bits per heavy atom. The van der Waals surface area contributed by atoms with Crippen LogP contribution in [0.5, 0.6) is 11.5 Å². The summed E-state index contributed by atoms with van der Waals surface area (Å²) in [4.78, 5) is 22.4. The van der Waals surface area contributed by atoms with Crippen LogP contribution < -0.4 is 9.47 Å². The molecule has 0 fully saturated rings. The highest BCUT2D eigenvalue weighted by Crippen LogP contribution is 2.17. The molecule has 0 spiro atoms. The number of carbonyl (C=O) groups excluding carboxylic acids is 1. The van der Waals surface area contributed by atoms with Gasteiger partial charge in [-0.1, -0.05) is 84.9 Å². The molecule has 0 saturated carbocycles. The van der Waals surface area contributed by atoms with E-state index in [-0.39, 0.29) is 12.4 Å². The van der Waals surface area contributed by atoms with E-state index in [0.717, 1.165) is 28.0 Å². The number of hydrogen-bond donors (Lipinski definition) is 2. The maximum absolute atomic E-state index is 11.9. The molecule has 0 aromatic heterocycles. The minimum atomic E-state index is -1.37. The maximum atomic E-state index is 11.9. The molecule has 0 amide bonds. The Morgan fingerprint density at radius 1 is 0.614 bits per heavy atom. The first kappa shape index (κ1) is 33.8. The SMILES string of the molecule is CCOC(=O)[C@H](Cc1ccc(OCc2ccccc2)cc1)OCC.O=C(O)[C@@H](O)Cc1ccc(OCc2ccccc2)cc1. The lowest BCUT2D eigenvalue weighted by Crippen LogP contribution is -2.28. The third-order valence-electron chi connectivity index (χ3n) is 6.40. The predicted octanol–water partition coefficient (Wildman–Crippen LogP) is 6.03. The number of benzene rings is 4. The van der Waals surface area contributed by atoms with Crippen molar-refractivity contribution in [1.29, 1.82) is 0 Å². The van der Waals surface area contributed by atoms with Gasteiger partial charge in [-0.25, -0.2) is 9.59 Å². The van der Waals surface area contributed by atoms with Crippen LogP contribution in [0.25, 0.3) is 0 Å². The first-order valence-corrected chi connectivity index (χ1v) is 14.6. The van der Waals surface area contributed by atoms with E-state index < -0.39 is 18.2 Å². The number of aliphatic hydroxyl groups excluding tert-OH is 1. The maximum Gasteiger partial charge on any atom is 0.335 e. The molecule has 4 aromatic carbocycles. The van der Waals surface area contributed by atoms with Gasteiger partial charge in [-0.05, 0) is 60.4 Å². The summed E-state index contributed by atoms with van der Waals surface area (Å²) in [6, 6.07) is 34.6. The fourth-order valence-electron chi connectivity index (χ4n) is 4.10. The summed E-state index contributed by atoms with van der Waals surface area (Å²) >= 11 is 0. The smallest absolute Gasteiger partial charge is 0.335 e. The van der Waals surface area contributed by atoms with E-state index in [2.05, 4.69) is 0 Å². The number of rotatable bonds is 15. The fraction of sp³-hybridized carbons (Fsp3) is 0.278. The van der Waals surface area contributed by atoms with Crippen molar-refractivity contribution in [2.75, 3.05) is 13.2 Å². The molecule has 44 heavy (non-hydrogen) atoms. The van der Waals surface area contributed by atoms with Gasteiger partial charge in [-0.3, -0.25) is 0 Å². The third-order valence-corrected chi connectivity index (χ3v) is 6.40. The van der Waals surface area contributed by atoms with Gasteiger partial charge < -0.3 is 29.2 Å². The Hall–Kier alpha value is -4.66. The highest BCUT2D eigenvalue weighted by atomic mass is 16.6. The number of hydrogen-bond acceptors (Lipinski definition) is 7. The molecule has 4 rings (SSSR count). The largest absolute Gasteiger partial charge is 0.489 e. The second-order valence-electron chi connectivity index (χ2n) is 9.79. The zero-order valence-electron chi connectivity index (χ0n) is 25.1. The van der Waals surface area contributed by atoms with Gasteiger partial charge in [0, 0.05) is 19.4 Å². The van der Waals surface area contributed by atoms with E-state index in [0.29, 0.717) is 38.6 Å². The Morgan fingerprint density at radius 3 is 1.48 bits per heavy atom. The molecule has 0 unspecified atom stereocenters. The molecule has 0 aliphatic rings. The van der Waals surface area contributed by atoms with Crippen LogP contribution in [0.15, 0.2) is 109 Å². The van der Waals surface area contributed by atoms with Crippen molar-refractivity contribution >= 4 is 11.9 Å². The lowest BCUT2D eigenvalue weighted by molar-refractivity contribution is -0.156. The third kappa shape index (κ3) is 12.3.